The van der Waals surface area contributed by atoms with Crippen LogP contribution >= 0.6 is 23.4 Å². The van der Waals surface area contributed by atoms with E-state index in [1.54, 1.807) is 18.3 Å². The fourth-order valence-corrected chi connectivity index (χ4v) is 2.94. The Morgan fingerprint density at radius 1 is 1.17 bits per heavy atom. The van der Waals surface area contributed by atoms with Crippen LogP contribution in [-0.2, 0) is 4.79 Å². The number of halogens is 1. The van der Waals surface area contributed by atoms with Crippen molar-refractivity contribution >= 4 is 35.2 Å². The SMILES string of the molecule is Cc1ccc(SCC(=O)Nc2oncc2-c2ccc(Cl)cc2)cc1. The number of aromatic nitrogens is 1. The summed E-state index contributed by atoms with van der Waals surface area (Å²) in [4.78, 5) is 13.2. The minimum atomic E-state index is -0.146. The molecule has 0 aliphatic rings. The molecule has 0 fully saturated rings. The van der Waals surface area contributed by atoms with Crippen molar-refractivity contribution in [2.45, 2.75) is 11.8 Å². The molecule has 0 atom stereocenters. The lowest BCUT2D eigenvalue weighted by Crippen LogP contribution is -2.14. The molecule has 1 heterocycles. The lowest BCUT2D eigenvalue weighted by Gasteiger charge is -2.05. The average Bonchev–Trinajstić information content (AvgIpc) is 3.03. The molecule has 0 unspecified atom stereocenters. The molecule has 6 heteroatoms. The molecular formula is C18H15ClN2O2S. The second-order valence-electron chi connectivity index (χ2n) is 5.23. The number of hydrogen-bond donors (Lipinski definition) is 1. The summed E-state index contributed by atoms with van der Waals surface area (Å²) >= 11 is 7.37. The van der Waals surface area contributed by atoms with Gasteiger partial charge in [0, 0.05) is 9.92 Å². The molecule has 1 N–H and O–H groups in total. The van der Waals surface area contributed by atoms with Gasteiger partial charge in [-0.15, -0.1) is 11.8 Å². The molecule has 0 radical (unpaired) electrons. The first-order valence-corrected chi connectivity index (χ1v) is 8.68. The van der Waals surface area contributed by atoms with Gasteiger partial charge in [-0.2, -0.15) is 0 Å². The maximum Gasteiger partial charge on any atom is 0.239 e. The standard InChI is InChI=1S/C18H15ClN2O2S/c1-12-2-8-15(9-3-12)24-11-17(22)21-18-16(10-20-23-18)13-4-6-14(19)7-5-13/h2-10H,11H2,1H3,(H,21,22). The lowest BCUT2D eigenvalue weighted by molar-refractivity contribution is -0.113. The van der Waals surface area contributed by atoms with E-state index in [2.05, 4.69) is 10.5 Å². The first kappa shape index (κ1) is 16.6. The predicted octanol–water partition coefficient (Wildman–Crippen LogP) is 5.03. The Kier molecular flexibility index (Phi) is 5.23. The summed E-state index contributed by atoms with van der Waals surface area (Å²) in [7, 11) is 0. The van der Waals surface area contributed by atoms with Crippen molar-refractivity contribution in [3.8, 4) is 11.1 Å². The van der Waals surface area contributed by atoms with Gasteiger partial charge in [0.05, 0.1) is 17.5 Å². The van der Waals surface area contributed by atoms with Crippen molar-refractivity contribution in [2.75, 3.05) is 11.1 Å². The fourth-order valence-electron chi connectivity index (χ4n) is 2.11. The van der Waals surface area contributed by atoms with Gasteiger partial charge in [-0.3, -0.25) is 10.1 Å². The first-order valence-electron chi connectivity index (χ1n) is 7.32. The molecule has 3 aromatic rings. The molecule has 1 aromatic heterocycles. The summed E-state index contributed by atoms with van der Waals surface area (Å²) in [5.74, 6) is 0.489. The Bertz CT molecular complexity index is 829. The van der Waals surface area contributed by atoms with Crippen molar-refractivity contribution in [3.05, 3.63) is 65.3 Å². The Morgan fingerprint density at radius 2 is 1.88 bits per heavy atom. The van der Waals surface area contributed by atoms with Crippen LogP contribution in [0.4, 0.5) is 5.88 Å². The van der Waals surface area contributed by atoms with Crippen LogP contribution in [0, 0.1) is 6.92 Å². The van der Waals surface area contributed by atoms with Crippen molar-refractivity contribution in [1.29, 1.82) is 0 Å². The molecule has 0 spiro atoms. The van der Waals surface area contributed by atoms with Gasteiger partial charge >= 0.3 is 0 Å². The number of thioether (sulfide) groups is 1. The number of rotatable bonds is 5. The van der Waals surface area contributed by atoms with Gasteiger partial charge in [0.15, 0.2) is 0 Å². The number of amides is 1. The van der Waals surface area contributed by atoms with Crippen molar-refractivity contribution < 1.29 is 9.32 Å². The Balaban J connectivity index is 1.64. The third-order valence-corrected chi connectivity index (χ3v) is 4.63. The molecule has 3 rings (SSSR count). The van der Waals surface area contributed by atoms with Crippen LogP contribution in [0.5, 0.6) is 0 Å². The summed E-state index contributed by atoms with van der Waals surface area (Å²) in [5.41, 5.74) is 2.79. The van der Waals surface area contributed by atoms with E-state index < -0.39 is 0 Å². The Morgan fingerprint density at radius 3 is 2.58 bits per heavy atom. The predicted molar refractivity (Wildman–Crippen MR) is 97.5 cm³/mol. The quantitative estimate of drug-likeness (QED) is 0.649. The molecule has 1 amide bonds. The highest BCUT2D eigenvalue weighted by atomic mass is 35.5. The number of carbonyl (C=O) groups excluding carboxylic acids is 1. The third kappa shape index (κ3) is 4.19. The van der Waals surface area contributed by atoms with Crippen LogP contribution in [0.1, 0.15) is 5.56 Å². The fraction of sp³-hybridized carbons (Fsp3) is 0.111. The highest BCUT2D eigenvalue weighted by molar-refractivity contribution is 8.00. The van der Waals surface area contributed by atoms with E-state index in [0.29, 0.717) is 16.7 Å². The number of nitrogens with zero attached hydrogens (tertiary/aromatic N) is 1. The molecule has 2 aromatic carbocycles. The van der Waals surface area contributed by atoms with Crippen LogP contribution in [0.25, 0.3) is 11.1 Å². The van der Waals surface area contributed by atoms with Gasteiger partial charge in [0.1, 0.15) is 0 Å². The second kappa shape index (κ2) is 7.55. The van der Waals surface area contributed by atoms with E-state index in [1.807, 2.05) is 43.3 Å². The minimum Gasteiger partial charge on any atom is -0.338 e. The minimum absolute atomic E-state index is 0.146. The maximum atomic E-state index is 12.1. The summed E-state index contributed by atoms with van der Waals surface area (Å²) in [6.45, 7) is 2.03. The van der Waals surface area contributed by atoms with Gasteiger partial charge < -0.3 is 4.52 Å². The van der Waals surface area contributed by atoms with Crippen molar-refractivity contribution in [3.63, 3.8) is 0 Å². The van der Waals surface area contributed by atoms with E-state index >= 15 is 0 Å². The van der Waals surface area contributed by atoms with Crippen LogP contribution < -0.4 is 5.32 Å². The Hall–Kier alpha value is -2.24. The van der Waals surface area contributed by atoms with Gasteiger partial charge in [0.25, 0.3) is 0 Å². The van der Waals surface area contributed by atoms with Gasteiger partial charge in [0.2, 0.25) is 11.8 Å². The number of nitrogens with one attached hydrogen (secondary N) is 1. The second-order valence-corrected chi connectivity index (χ2v) is 6.71. The largest absolute Gasteiger partial charge is 0.338 e. The molecule has 0 saturated heterocycles. The van der Waals surface area contributed by atoms with Crippen LogP contribution in [0.15, 0.2) is 64.1 Å². The highest BCUT2D eigenvalue weighted by Gasteiger charge is 2.13. The number of hydrogen-bond acceptors (Lipinski definition) is 4. The summed E-state index contributed by atoms with van der Waals surface area (Å²) in [5, 5.41) is 7.18. The zero-order chi connectivity index (χ0) is 16.9. The molecular weight excluding hydrogens is 344 g/mol. The zero-order valence-corrected chi connectivity index (χ0v) is 14.5. The molecule has 0 saturated carbocycles. The van der Waals surface area contributed by atoms with Crippen LogP contribution in [-0.4, -0.2) is 16.8 Å². The van der Waals surface area contributed by atoms with Gasteiger partial charge in [-0.05, 0) is 36.8 Å². The maximum absolute atomic E-state index is 12.1. The number of aryl methyl sites for hydroxylation is 1. The number of anilines is 1. The lowest BCUT2D eigenvalue weighted by atomic mass is 10.1. The average molecular weight is 359 g/mol. The van der Waals surface area contributed by atoms with Crippen LogP contribution in [0.2, 0.25) is 5.02 Å². The normalized spacial score (nSPS) is 10.6. The monoisotopic (exact) mass is 358 g/mol. The number of benzene rings is 2. The summed E-state index contributed by atoms with van der Waals surface area (Å²) in [6.07, 6.45) is 1.58. The smallest absolute Gasteiger partial charge is 0.239 e. The summed E-state index contributed by atoms with van der Waals surface area (Å²) in [6, 6.07) is 15.3. The zero-order valence-electron chi connectivity index (χ0n) is 13.0. The van der Waals surface area contributed by atoms with E-state index in [0.717, 1.165) is 16.0 Å². The number of carbonyl (C=O) groups is 1. The molecule has 0 bridgehead atoms. The van der Waals surface area contributed by atoms with E-state index in [-0.39, 0.29) is 5.91 Å². The molecule has 0 aliphatic carbocycles. The molecule has 122 valence electrons. The van der Waals surface area contributed by atoms with E-state index in [4.69, 9.17) is 16.1 Å². The van der Waals surface area contributed by atoms with Crippen LogP contribution in [0.3, 0.4) is 0 Å². The molecule has 24 heavy (non-hydrogen) atoms. The van der Waals surface area contributed by atoms with Gasteiger partial charge in [-0.25, -0.2) is 0 Å². The highest BCUT2D eigenvalue weighted by Crippen LogP contribution is 2.29. The van der Waals surface area contributed by atoms with Crippen molar-refractivity contribution in [2.24, 2.45) is 0 Å². The summed E-state index contributed by atoms with van der Waals surface area (Å²) < 4.78 is 5.16. The van der Waals surface area contributed by atoms with E-state index in [9.17, 15) is 4.79 Å². The molecule has 0 aliphatic heterocycles. The van der Waals surface area contributed by atoms with Gasteiger partial charge in [-0.1, -0.05) is 46.6 Å². The Labute approximate surface area is 149 Å². The van der Waals surface area contributed by atoms with Crippen molar-refractivity contribution in [1.82, 2.24) is 5.16 Å². The topological polar surface area (TPSA) is 55.1 Å². The third-order valence-electron chi connectivity index (χ3n) is 3.37. The van der Waals surface area contributed by atoms with E-state index in [1.165, 1.54) is 17.3 Å². The molecule has 4 nitrogen and oxygen atoms in total. The first-order chi connectivity index (χ1) is 11.6.